The smallest absolute Gasteiger partial charge is 0.255 e. The summed E-state index contributed by atoms with van der Waals surface area (Å²) in [5.74, 6) is -0.126. The molecule has 1 aliphatic heterocycles. The molecule has 0 saturated carbocycles. The quantitative estimate of drug-likeness (QED) is 0.442. The van der Waals surface area contributed by atoms with Crippen molar-refractivity contribution in [3.05, 3.63) is 66.0 Å². The second-order valence-corrected chi connectivity index (χ2v) is 9.56. The molecule has 0 unspecified atom stereocenters. The van der Waals surface area contributed by atoms with Crippen molar-refractivity contribution in [3.8, 4) is 0 Å². The zero-order valence-electron chi connectivity index (χ0n) is 21.3. The van der Waals surface area contributed by atoms with Crippen molar-refractivity contribution in [2.45, 2.75) is 33.6 Å². The summed E-state index contributed by atoms with van der Waals surface area (Å²) >= 11 is 0. The highest BCUT2D eigenvalue weighted by Gasteiger charge is 2.19. The van der Waals surface area contributed by atoms with E-state index in [1.165, 1.54) is 19.1 Å². The van der Waals surface area contributed by atoms with Crippen LogP contribution in [0.15, 0.2) is 54.6 Å². The number of amides is 2. The van der Waals surface area contributed by atoms with E-state index in [-0.39, 0.29) is 11.8 Å². The molecule has 190 valence electrons. The van der Waals surface area contributed by atoms with Crippen LogP contribution in [0.1, 0.15) is 44.0 Å². The third kappa shape index (κ3) is 5.96. The van der Waals surface area contributed by atoms with Crippen LogP contribution in [0.2, 0.25) is 0 Å². The molecule has 0 aromatic heterocycles. The zero-order chi connectivity index (χ0) is 25.7. The summed E-state index contributed by atoms with van der Waals surface area (Å²) in [5.41, 5.74) is 2.77. The topological polar surface area (TPSA) is 64.7 Å². The molecule has 0 radical (unpaired) electrons. The third-order valence-electron chi connectivity index (χ3n) is 6.92. The lowest BCUT2D eigenvalue weighted by atomic mass is 9.98. The van der Waals surface area contributed by atoms with Crippen molar-refractivity contribution >= 4 is 39.6 Å². The predicted octanol–water partition coefficient (Wildman–Crippen LogP) is 5.43. The number of nitrogens with zero attached hydrogens (tertiary/aromatic N) is 2. The molecule has 3 aromatic rings. The highest BCUT2D eigenvalue weighted by molar-refractivity contribution is 6.11. The average molecular weight is 491 g/mol. The number of anilines is 3. The van der Waals surface area contributed by atoms with Crippen LogP contribution in [0.25, 0.3) is 10.8 Å². The molecule has 4 rings (SSSR count). The summed E-state index contributed by atoms with van der Waals surface area (Å²) in [5, 5.41) is 7.76. The summed E-state index contributed by atoms with van der Waals surface area (Å²) in [4.78, 5) is 28.9. The Bertz CT molecular complexity index is 1240. The monoisotopic (exact) mass is 490 g/mol. The molecule has 1 aliphatic rings. The van der Waals surface area contributed by atoms with Gasteiger partial charge < -0.3 is 20.4 Å². The van der Waals surface area contributed by atoms with Gasteiger partial charge in [0.15, 0.2) is 0 Å². The van der Waals surface area contributed by atoms with Crippen LogP contribution in [-0.2, 0) is 4.79 Å². The Morgan fingerprint density at radius 1 is 1.06 bits per heavy atom. The van der Waals surface area contributed by atoms with Crippen molar-refractivity contribution < 1.29 is 14.0 Å². The van der Waals surface area contributed by atoms with Gasteiger partial charge in [0.2, 0.25) is 5.91 Å². The molecule has 3 aromatic carbocycles. The van der Waals surface area contributed by atoms with E-state index in [0.717, 1.165) is 54.6 Å². The Morgan fingerprint density at radius 3 is 2.47 bits per heavy atom. The van der Waals surface area contributed by atoms with E-state index in [1.54, 1.807) is 6.07 Å². The minimum atomic E-state index is -0.408. The number of carbonyl (C=O) groups excluding carboxylic acids is 2. The van der Waals surface area contributed by atoms with Crippen LogP contribution in [0.4, 0.5) is 21.5 Å². The molecule has 0 bridgehead atoms. The van der Waals surface area contributed by atoms with Crippen LogP contribution in [0.5, 0.6) is 0 Å². The maximum Gasteiger partial charge on any atom is 0.255 e. The molecule has 0 atom stereocenters. The maximum atomic E-state index is 14.5. The van der Waals surface area contributed by atoms with Gasteiger partial charge in [-0.05, 0) is 56.0 Å². The lowest BCUT2D eigenvalue weighted by molar-refractivity contribution is -0.118. The Hall–Kier alpha value is -3.61. The first-order valence-corrected chi connectivity index (χ1v) is 12.7. The van der Waals surface area contributed by atoms with Gasteiger partial charge in [0.1, 0.15) is 5.82 Å². The van der Waals surface area contributed by atoms with Gasteiger partial charge >= 0.3 is 0 Å². The lowest BCUT2D eigenvalue weighted by Gasteiger charge is -2.32. The minimum Gasteiger partial charge on any atom is -0.371 e. The van der Waals surface area contributed by atoms with Crippen molar-refractivity contribution in [2.75, 3.05) is 47.8 Å². The molecule has 6 nitrogen and oxygen atoms in total. The van der Waals surface area contributed by atoms with Crippen molar-refractivity contribution in [3.63, 3.8) is 0 Å². The summed E-state index contributed by atoms with van der Waals surface area (Å²) in [6, 6.07) is 16.4. The Kier molecular flexibility index (Phi) is 8.08. The summed E-state index contributed by atoms with van der Waals surface area (Å²) in [6.45, 7) is 9.56. The van der Waals surface area contributed by atoms with Crippen molar-refractivity contribution in [1.82, 2.24) is 5.32 Å². The summed E-state index contributed by atoms with van der Waals surface area (Å²) in [7, 11) is 0. The number of piperidine rings is 1. The average Bonchev–Trinajstić information content (AvgIpc) is 2.87. The first-order valence-electron chi connectivity index (χ1n) is 12.7. The van der Waals surface area contributed by atoms with Gasteiger partial charge in [0.05, 0.1) is 0 Å². The Labute approximate surface area is 212 Å². The fraction of sp³-hybridized carbons (Fsp3) is 0.379. The molecule has 1 fully saturated rings. The molecule has 0 spiro atoms. The maximum absolute atomic E-state index is 14.5. The predicted molar refractivity (Wildman–Crippen MR) is 145 cm³/mol. The van der Waals surface area contributed by atoms with Gasteiger partial charge in [-0.1, -0.05) is 31.2 Å². The van der Waals surface area contributed by atoms with Gasteiger partial charge in [-0.25, -0.2) is 4.39 Å². The summed E-state index contributed by atoms with van der Waals surface area (Å²) < 4.78 is 14.5. The highest BCUT2D eigenvalue weighted by atomic mass is 19.1. The number of hydrogen-bond donors (Lipinski definition) is 2. The van der Waals surface area contributed by atoms with Crippen molar-refractivity contribution in [2.24, 2.45) is 5.92 Å². The normalized spacial score (nSPS) is 14.1. The van der Waals surface area contributed by atoms with E-state index in [2.05, 4.69) is 34.3 Å². The van der Waals surface area contributed by atoms with Gasteiger partial charge in [0.25, 0.3) is 5.91 Å². The minimum absolute atomic E-state index is 0.0516. The van der Waals surface area contributed by atoms with Crippen molar-refractivity contribution in [1.29, 1.82) is 0 Å². The first-order chi connectivity index (χ1) is 17.4. The largest absolute Gasteiger partial charge is 0.371 e. The van der Waals surface area contributed by atoms with Crippen LogP contribution in [0.3, 0.4) is 0 Å². The van der Waals surface area contributed by atoms with E-state index in [4.69, 9.17) is 0 Å². The Balaban J connectivity index is 1.58. The van der Waals surface area contributed by atoms with E-state index in [1.807, 2.05) is 36.4 Å². The summed E-state index contributed by atoms with van der Waals surface area (Å²) in [6.07, 6.45) is 2.13. The van der Waals surface area contributed by atoms with Gasteiger partial charge in [-0.15, -0.1) is 0 Å². The second-order valence-electron chi connectivity index (χ2n) is 9.56. The van der Waals surface area contributed by atoms with Crippen LogP contribution in [-0.4, -0.2) is 44.5 Å². The standard InChI is InChI=1S/C29H35FN4O2/c1-4-33(16-13-31-21(3)35)28-10-9-27(25-7-5-6-8-26(25)28)32-29(36)22-17-23(30)19-24(18-22)34-14-11-20(2)12-15-34/h5-10,17-20H,4,11-16H2,1-3H3,(H,31,35)(H,32,36). The molecule has 7 heteroatoms. The molecule has 1 heterocycles. The second kappa shape index (κ2) is 11.4. The number of hydrogen-bond acceptors (Lipinski definition) is 4. The molecule has 2 N–H and O–H groups in total. The molecular weight excluding hydrogens is 455 g/mol. The van der Waals surface area contributed by atoms with Gasteiger partial charge in [-0.2, -0.15) is 0 Å². The van der Waals surface area contributed by atoms with Crippen LogP contribution < -0.4 is 20.4 Å². The van der Waals surface area contributed by atoms with E-state index < -0.39 is 5.82 Å². The SMILES string of the molecule is CCN(CCNC(C)=O)c1ccc(NC(=O)c2cc(F)cc(N3CCC(C)CC3)c2)c2ccccc12. The molecule has 2 amide bonds. The first kappa shape index (κ1) is 25.5. The van der Waals surface area contributed by atoms with E-state index in [0.29, 0.717) is 30.3 Å². The van der Waals surface area contributed by atoms with Crippen LogP contribution >= 0.6 is 0 Å². The van der Waals surface area contributed by atoms with Crippen LogP contribution in [0, 0.1) is 11.7 Å². The number of benzene rings is 3. The number of halogens is 1. The zero-order valence-corrected chi connectivity index (χ0v) is 21.3. The molecule has 1 saturated heterocycles. The molecule has 0 aliphatic carbocycles. The fourth-order valence-electron chi connectivity index (χ4n) is 4.83. The highest BCUT2D eigenvalue weighted by Crippen LogP contribution is 2.33. The molecular formula is C29H35FN4O2. The number of nitrogens with one attached hydrogen (secondary N) is 2. The lowest BCUT2D eigenvalue weighted by Crippen LogP contribution is -2.34. The van der Waals surface area contributed by atoms with Gasteiger partial charge in [-0.3, -0.25) is 9.59 Å². The molecule has 36 heavy (non-hydrogen) atoms. The third-order valence-corrected chi connectivity index (χ3v) is 6.92. The number of fused-ring (bicyclic) bond motifs is 1. The van der Waals surface area contributed by atoms with E-state index in [9.17, 15) is 14.0 Å². The number of likely N-dealkylation sites (N-methyl/N-ethyl adjacent to an activating group) is 1. The number of carbonyl (C=O) groups is 2. The fourth-order valence-corrected chi connectivity index (χ4v) is 4.83. The Morgan fingerprint density at radius 2 is 1.78 bits per heavy atom. The van der Waals surface area contributed by atoms with Gasteiger partial charge in [0, 0.05) is 73.0 Å². The van der Waals surface area contributed by atoms with E-state index >= 15 is 0 Å². The number of rotatable bonds is 8.